The first-order valence-electron chi connectivity index (χ1n) is 6.42. The highest BCUT2D eigenvalue weighted by Gasteiger charge is 2.41. The van der Waals surface area contributed by atoms with Crippen LogP contribution in [0.2, 0.25) is 0 Å². The van der Waals surface area contributed by atoms with Crippen LogP contribution in [0.15, 0.2) is 6.07 Å². The van der Waals surface area contributed by atoms with E-state index in [4.69, 9.17) is 4.74 Å². The first-order chi connectivity index (χ1) is 8.57. The molecule has 18 heavy (non-hydrogen) atoms. The Balaban J connectivity index is 2.25. The molecule has 0 amide bonds. The van der Waals surface area contributed by atoms with Gasteiger partial charge in [0, 0.05) is 31.9 Å². The number of aryl methyl sites for hydroxylation is 2. The Morgan fingerprint density at radius 1 is 1.56 bits per heavy atom. The summed E-state index contributed by atoms with van der Waals surface area (Å²) >= 11 is 0. The van der Waals surface area contributed by atoms with Crippen molar-refractivity contribution in [3.63, 3.8) is 0 Å². The smallest absolute Gasteiger partial charge is 0.310 e. The maximum atomic E-state index is 11.6. The summed E-state index contributed by atoms with van der Waals surface area (Å²) in [6, 6.07) is 1.99. The predicted octanol–water partition coefficient (Wildman–Crippen LogP) is 1.64. The second-order valence-electron chi connectivity index (χ2n) is 4.97. The zero-order chi connectivity index (χ0) is 13.2. The van der Waals surface area contributed by atoms with Crippen LogP contribution >= 0.6 is 0 Å². The van der Waals surface area contributed by atoms with Gasteiger partial charge in [-0.1, -0.05) is 0 Å². The molecule has 1 aliphatic heterocycles. The Bertz CT molecular complexity index is 433. The summed E-state index contributed by atoms with van der Waals surface area (Å²) < 4.78 is 7.19. The van der Waals surface area contributed by atoms with Crippen LogP contribution in [0, 0.1) is 12.3 Å². The van der Waals surface area contributed by atoms with Gasteiger partial charge in [0.1, 0.15) is 0 Å². The van der Waals surface area contributed by atoms with Gasteiger partial charge in [0.25, 0.3) is 0 Å². The van der Waals surface area contributed by atoms with E-state index in [1.54, 1.807) is 0 Å². The Morgan fingerprint density at radius 3 is 2.78 bits per heavy atom. The Morgan fingerprint density at radius 2 is 2.22 bits per heavy atom. The van der Waals surface area contributed by atoms with Crippen molar-refractivity contribution in [2.45, 2.75) is 39.7 Å². The van der Waals surface area contributed by atoms with Gasteiger partial charge in [-0.3, -0.25) is 9.48 Å². The zero-order valence-electron chi connectivity index (χ0n) is 11.0. The molecule has 0 atom stereocenters. The molecule has 0 aliphatic carbocycles. The van der Waals surface area contributed by atoms with Gasteiger partial charge in [-0.05, 0) is 32.8 Å². The Kier molecular flexibility index (Phi) is 3.71. The molecule has 0 spiro atoms. The van der Waals surface area contributed by atoms with E-state index in [0.29, 0.717) is 32.5 Å². The van der Waals surface area contributed by atoms with Gasteiger partial charge in [-0.15, -0.1) is 0 Å². The van der Waals surface area contributed by atoms with E-state index < -0.39 is 11.4 Å². The molecule has 5 nitrogen and oxygen atoms in total. The molecular formula is C13H20N2O3. The molecule has 1 aliphatic rings. The fourth-order valence-corrected chi connectivity index (χ4v) is 2.59. The van der Waals surface area contributed by atoms with Crippen molar-refractivity contribution in [1.82, 2.24) is 9.78 Å². The SMILES string of the molecule is CCn1nc(C)cc1CC1(C(=O)O)CCOCC1. The highest BCUT2D eigenvalue weighted by Crippen LogP contribution is 2.34. The lowest BCUT2D eigenvalue weighted by molar-refractivity contribution is -0.154. The molecule has 1 aromatic rings. The molecule has 2 heterocycles. The largest absolute Gasteiger partial charge is 0.481 e. The van der Waals surface area contributed by atoms with Crippen molar-refractivity contribution in [2.75, 3.05) is 13.2 Å². The highest BCUT2D eigenvalue weighted by molar-refractivity contribution is 5.75. The number of rotatable bonds is 4. The number of aromatic nitrogens is 2. The maximum absolute atomic E-state index is 11.6. The van der Waals surface area contributed by atoms with Crippen LogP contribution in [0.3, 0.4) is 0 Å². The van der Waals surface area contributed by atoms with E-state index in [1.807, 2.05) is 24.6 Å². The van der Waals surface area contributed by atoms with E-state index in [2.05, 4.69) is 5.10 Å². The molecule has 1 fully saturated rings. The number of aliphatic carboxylic acids is 1. The van der Waals surface area contributed by atoms with Crippen molar-refractivity contribution in [2.24, 2.45) is 5.41 Å². The van der Waals surface area contributed by atoms with Crippen LogP contribution in [0.25, 0.3) is 0 Å². The normalized spacial score (nSPS) is 18.8. The van der Waals surface area contributed by atoms with Gasteiger partial charge in [0.15, 0.2) is 0 Å². The van der Waals surface area contributed by atoms with Crippen molar-refractivity contribution in [1.29, 1.82) is 0 Å². The lowest BCUT2D eigenvalue weighted by atomic mass is 9.76. The molecule has 0 bridgehead atoms. The number of carbonyl (C=O) groups is 1. The van der Waals surface area contributed by atoms with Gasteiger partial charge < -0.3 is 9.84 Å². The summed E-state index contributed by atoms with van der Waals surface area (Å²) in [5.74, 6) is -0.715. The summed E-state index contributed by atoms with van der Waals surface area (Å²) in [5, 5.41) is 13.9. The molecule has 0 unspecified atom stereocenters. The summed E-state index contributed by atoms with van der Waals surface area (Å²) in [6.07, 6.45) is 1.70. The summed E-state index contributed by atoms with van der Waals surface area (Å²) in [4.78, 5) is 11.6. The van der Waals surface area contributed by atoms with Crippen LogP contribution < -0.4 is 0 Å². The van der Waals surface area contributed by atoms with Crippen LogP contribution in [-0.2, 0) is 22.5 Å². The first kappa shape index (κ1) is 13.1. The van der Waals surface area contributed by atoms with Gasteiger partial charge in [0.2, 0.25) is 0 Å². The molecule has 0 aromatic carbocycles. The lowest BCUT2D eigenvalue weighted by Crippen LogP contribution is -2.39. The van der Waals surface area contributed by atoms with Crippen LogP contribution in [0.5, 0.6) is 0 Å². The fraction of sp³-hybridized carbons (Fsp3) is 0.692. The summed E-state index contributed by atoms with van der Waals surface area (Å²) in [6.45, 7) is 5.80. The predicted molar refractivity (Wildman–Crippen MR) is 66.5 cm³/mol. The van der Waals surface area contributed by atoms with Gasteiger partial charge >= 0.3 is 5.97 Å². The van der Waals surface area contributed by atoms with Crippen molar-refractivity contribution in [3.8, 4) is 0 Å². The first-order valence-corrected chi connectivity index (χ1v) is 6.42. The minimum atomic E-state index is -0.715. The monoisotopic (exact) mass is 252 g/mol. The molecule has 1 aromatic heterocycles. The fourth-order valence-electron chi connectivity index (χ4n) is 2.59. The van der Waals surface area contributed by atoms with Crippen LogP contribution in [-0.4, -0.2) is 34.1 Å². The number of carboxylic acid groups (broad SMARTS) is 1. The zero-order valence-corrected chi connectivity index (χ0v) is 11.0. The Hall–Kier alpha value is -1.36. The average molecular weight is 252 g/mol. The van der Waals surface area contributed by atoms with Crippen molar-refractivity contribution < 1.29 is 14.6 Å². The number of hydrogen-bond acceptors (Lipinski definition) is 3. The molecule has 1 N–H and O–H groups in total. The lowest BCUT2D eigenvalue weighted by Gasteiger charge is -2.33. The third-order valence-electron chi connectivity index (χ3n) is 3.71. The summed E-state index contributed by atoms with van der Waals surface area (Å²) in [7, 11) is 0. The second-order valence-corrected chi connectivity index (χ2v) is 4.97. The average Bonchev–Trinajstić information content (AvgIpc) is 2.70. The van der Waals surface area contributed by atoms with Crippen LogP contribution in [0.4, 0.5) is 0 Å². The van der Waals surface area contributed by atoms with Gasteiger partial charge in [0.05, 0.1) is 11.1 Å². The maximum Gasteiger partial charge on any atom is 0.310 e. The van der Waals surface area contributed by atoms with E-state index in [-0.39, 0.29) is 0 Å². The molecule has 100 valence electrons. The number of nitrogens with zero attached hydrogens (tertiary/aromatic N) is 2. The van der Waals surface area contributed by atoms with Gasteiger partial charge in [-0.25, -0.2) is 0 Å². The second kappa shape index (κ2) is 5.10. The molecule has 1 saturated heterocycles. The third kappa shape index (κ3) is 2.41. The number of ether oxygens (including phenoxy) is 1. The van der Waals surface area contributed by atoms with Gasteiger partial charge in [-0.2, -0.15) is 5.10 Å². The molecule has 0 saturated carbocycles. The van der Waals surface area contributed by atoms with Crippen molar-refractivity contribution in [3.05, 3.63) is 17.5 Å². The van der Waals surface area contributed by atoms with E-state index >= 15 is 0 Å². The Labute approximate surface area is 107 Å². The molecule has 5 heteroatoms. The number of carboxylic acids is 1. The highest BCUT2D eigenvalue weighted by atomic mass is 16.5. The van der Waals surface area contributed by atoms with E-state index in [1.165, 1.54) is 0 Å². The van der Waals surface area contributed by atoms with Crippen molar-refractivity contribution >= 4 is 5.97 Å². The minimum absolute atomic E-state index is 0.533. The molecule has 2 rings (SSSR count). The topological polar surface area (TPSA) is 64.4 Å². The number of hydrogen-bond donors (Lipinski definition) is 1. The quantitative estimate of drug-likeness (QED) is 0.884. The standard InChI is InChI=1S/C13H20N2O3/c1-3-15-11(8-10(2)14-15)9-13(12(16)17)4-6-18-7-5-13/h8H,3-7,9H2,1-2H3,(H,16,17). The van der Waals surface area contributed by atoms with E-state index in [0.717, 1.165) is 17.9 Å². The van der Waals surface area contributed by atoms with Crippen LogP contribution in [0.1, 0.15) is 31.2 Å². The van der Waals surface area contributed by atoms with E-state index in [9.17, 15) is 9.90 Å². The molecule has 0 radical (unpaired) electrons. The summed E-state index contributed by atoms with van der Waals surface area (Å²) in [5.41, 5.74) is 1.27. The molecular weight excluding hydrogens is 232 g/mol. The third-order valence-corrected chi connectivity index (χ3v) is 3.71. The minimum Gasteiger partial charge on any atom is -0.481 e.